The molecule has 1 aliphatic rings. The van der Waals surface area contributed by atoms with E-state index >= 15 is 0 Å². The van der Waals surface area contributed by atoms with Crippen molar-refractivity contribution in [3.63, 3.8) is 0 Å². The van der Waals surface area contributed by atoms with Crippen LogP contribution >= 0.6 is 0 Å². The van der Waals surface area contributed by atoms with Crippen LogP contribution < -0.4 is 16.2 Å². The Balaban J connectivity index is 2.17. The second-order valence-corrected chi connectivity index (χ2v) is 5.90. The molecule has 18 heavy (non-hydrogen) atoms. The molecule has 1 saturated heterocycles. The standard InChI is InChI=1S/C13H22N4O/c1-13(2,3)10-8-11(18)17-12(16-10)15-9-4-6-14-7-5-9/h8-9,14H,4-7H2,1-3H3,(H2,15,16,17,18). The normalized spacial score (nSPS) is 17.7. The lowest BCUT2D eigenvalue weighted by Crippen LogP contribution is -2.36. The molecule has 0 radical (unpaired) electrons. The average Bonchev–Trinajstić information content (AvgIpc) is 2.28. The largest absolute Gasteiger partial charge is 0.353 e. The Morgan fingerprint density at radius 3 is 2.61 bits per heavy atom. The van der Waals surface area contributed by atoms with Crippen LogP contribution in [0.1, 0.15) is 39.3 Å². The molecule has 0 amide bonds. The molecule has 5 heteroatoms. The fraction of sp³-hybridized carbons (Fsp3) is 0.692. The first kappa shape index (κ1) is 13.1. The maximum absolute atomic E-state index is 11.7. The summed E-state index contributed by atoms with van der Waals surface area (Å²) >= 11 is 0. The number of rotatable bonds is 2. The number of aromatic amines is 1. The van der Waals surface area contributed by atoms with Crippen LogP contribution in [0, 0.1) is 0 Å². The smallest absolute Gasteiger partial charge is 0.252 e. The minimum absolute atomic E-state index is 0.0913. The molecular formula is C13H22N4O. The van der Waals surface area contributed by atoms with Gasteiger partial charge < -0.3 is 10.6 Å². The average molecular weight is 250 g/mol. The van der Waals surface area contributed by atoms with Crippen molar-refractivity contribution in [3.05, 3.63) is 22.1 Å². The van der Waals surface area contributed by atoms with Gasteiger partial charge in [0.1, 0.15) is 0 Å². The maximum Gasteiger partial charge on any atom is 0.252 e. The number of hydrogen-bond donors (Lipinski definition) is 3. The molecule has 2 heterocycles. The van der Waals surface area contributed by atoms with Crippen LogP contribution in [-0.2, 0) is 5.41 Å². The quantitative estimate of drug-likeness (QED) is 0.738. The zero-order valence-electron chi connectivity index (χ0n) is 11.3. The van der Waals surface area contributed by atoms with Crippen LogP contribution in [-0.4, -0.2) is 29.1 Å². The Morgan fingerprint density at radius 2 is 2.00 bits per heavy atom. The summed E-state index contributed by atoms with van der Waals surface area (Å²) in [6.07, 6.45) is 2.12. The van der Waals surface area contributed by atoms with Crippen LogP contribution in [0.5, 0.6) is 0 Å². The predicted octanol–water partition coefficient (Wildman–Crippen LogP) is 1.23. The van der Waals surface area contributed by atoms with Gasteiger partial charge in [-0.1, -0.05) is 20.8 Å². The third-order valence-electron chi connectivity index (χ3n) is 3.19. The van der Waals surface area contributed by atoms with Gasteiger partial charge in [-0.2, -0.15) is 0 Å². The van der Waals surface area contributed by atoms with E-state index in [1.165, 1.54) is 0 Å². The van der Waals surface area contributed by atoms with E-state index in [0.717, 1.165) is 31.6 Å². The summed E-state index contributed by atoms with van der Waals surface area (Å²) < 4.78 is 0. The first-order chi connectivity index (χ1) is 8.45. The molecule has 2 rings (SSSR count). The van der Waals surface area contributed by atoms with Crippen molar-refractivity contribution in [1.82, 2.24) is 15.3 Å². The van der Waals surface area contributed by atoms with Crippen LogP contribution in [0.3, 0.4) is 0 Å². The Kier molecular flexibility index (Phi) is 3.71. The second-order valence-electron chi connectivity index (χ2n) is 5.90. The van der Waals surface area contributed by atoms with Gasteiger partial charge >= 0.3 is 0 Å². The molecule has 3 N–H and O–H groups in total. The van der Waals surface area contributed by atoms with Gasteiger partial charge in [0.05, 0.1) is 5.69 Å². The van der Waals surface area contributed by atoms with E-state index in [2.05, 4.69) is 41.4 Å². The molecule has 0 atom stereocenters. The number of nitrogens with one attached hydrogen (secondary N) is 3. The summed E-state index contributed by atoms with van der Waals surface area (Å²) in [5.41, 5.74) is 0.618. The third-order valence-corrected chi connectivity index (χ3v) is 3.19. The Morgan fingerprint density at radius 1 is 1.33 bits per heavy atom. The van der Waals surface area contributed by atoms with E-state index in [1.54, 1.807) is 6.07 Å². The first-order valence-corrected chi connectivity index (χ1v) is 6.54. The molecule has 0 unspecified atom stereocenters. The summed E-state index contributed by atoms with van der Waals surface area (Å²) in [5, 5.41) is 6.64. The zero-order valence-corrected chi connectivity index (χ0v) is 11.3. The Hall–Kier alpha value is -1.36. The van der Waals surface area contributed by atoms with Crippen LogP contribution in [0.2, 0.25) is 0 Å². The lowest BCUT2D eigenvalue weighted by atomic mass is 9.92. The molecule has 100 valence electrons. The minimum Gasteiger partial charge on any atom is -0.353 e. The summed E-state index contributed by atoms with van der Waals surface area (Å²) in [4.78, 5) is 18.9. The second kappa shape index (κ2) is 5.10. The van der Waals surface area contributed by atoms with Gasteiger partial charge in [0, 0.05) is 17.5 Å². The topological polar surface area (TPSA) is 69.8 Å². The van der Waals surface area contributed by atoms with Crippen molar-refractivity contribution in [1.29, 1.82) is 0 Å². The summed E-state index contributed by atoms with van der Waals surface area (Å²) in [7, 11) is 0. The van der Waals surface area contributed by atoms with Crippen molar-refractivity contribution >= 4 is 5.95 Å². The lowest BCUT2D eigenvalue weighted by Gasteiger charge is -2.25. The summed E-state index contributed by atoms with van der Waals surface area (Å²) in [6.45, 7) is 8.21. The van der Waals surface area contributed by atoms with Crippen molar-refractivity contribution in [2.24, 2.45) is 0 Å². The number of H-pyrrole nitrogens is 1. The van der Waals surface area contributed by atoms with E-state index < -0.39 is 0 Å². The number of anilines is 1. The number of piperidine rings is 1. The molecule has 0 bridgehead atoms. The number of aromatic nitrogens is 2. The van der Waals surface area contributed by atoms with Gasteiger partial charge in [0.15, 0.2) is 0 Å². The molecule has 1 aromatic heterocycles. The van der Waals surface area contributed by atoms with Crippen LogP contribution in [0.15, 0.2) is 10.9 Å². The van der Waals surface area contributed by atoms with E-state index in [-0.39, 0.29) is 11.0 Å². The van der Waals surface area contributed by atoms with E-state index in [9.17, 15) is 4.79 Å². The van der Waals surface area contributed by atoms with Gasteiger partial charge in [0.25, 0.3) is 5.56 Å². The number of nitrogens with zero attached hydrogens (tertiary/aromatic N) is 1. The number of hydrogen-bond acceptors (Lipinski definition) is 4. The fourth-order valence-corrected chi connectivity index (χ4v) is 2.07. The molecule has 0 aromatic carbocycles. The zero-order chi connectivity index (χ0) is 13.2. The highest BCUT2D eigenvalue weighted by molar-refractivity contribution is 5.29. The Labute approximate surface area is 107 Å². The van der Waals surface area contributed by atoms with Crippen LogP contribution in [0.4, 0.5) is 5.95 Å². The molecule has 1 fully saturated rings. The lowest BCUT2D eigenvalue weighted by molar-refractivity contribution is 0.476. The van der Waals surface area contributed by atoms with Crippen molar-refractivity contribution in [2.45, 2.75) is 45.1 Å². The Bertz CT molecular complexity index is 455. The van der Waals surface area contributed by atoms with Crippen molar-refractivity contribution < 1.29 is 0 Å². The predicted molar refractivity (Wildman–Crippen MR) is 73.1 cm³/mol. The van der Waals surface area contributed by atoms with E-state index in [0.29, 0.717) is 12.0 Å². The molecule has 0 aliphatic carbocycles. The highest BCUT2D eigenvalue weighted by atomic mass is 16.1. The molecule has 1 aromatic rings. The molecule has 1 aliphatic heterocycles. The molecule has 5 nitrogen and oxygen atoms in total. The third kappa shape index (κ3) is 3.32. The first-order valence-electron chi connectivity index (χ1n) is 6.54. The van der Waals surface area contributed by atoms with Crippen molar-refractivity contribution in [2.75, 3.05) is 18.4 Å². The van der Waals surface area contributed by atoms with Gasteiger partial charge in [0.2, 0.25) is 5.95 Å². The van der Waals surface area contributed by atoms with Gasteiger partial charge in [-0.3, -0.25) is 9.78 Å². The fourth-order valence-electron chi connectivity index (χ4n) is 2.07. The van der Waals surface area contributed by atoms with E-state index in [1.807, 2.05) is 0 Å². The van der Waals surface area contributed by atoms with E-state index in [4.69, 9.17) is 0 Å². The molecule has 0 spiro atoms. The van der Waals surface area contributed by atoms with Gasteiger partial charge in [-0.15, -0.1) is 0 Å². The monoisotopic (exact) mass is 250 g/mol. The summed E-state index contributed by atoms with van der Waals surface area (Å²) in [6, 6.07) is 1.97. The maximum atomic E-state index is 11.7. The molecule has 0 saturated carbocycles. The van der Waals surface area contributed by atoms with Gasteiger partial charge in [-0.05, 0) is 25.9 Å². The van der Waals surface area contributed by atoms with Crippen molar-refractivity contribution in [3.8, 4) is 0 Å². The van der Waals surface area contributed by atoms with Crippen LogP contribution in [0.25, 0.3) is 0 Å². The summed E-state index contributed by atoms with van der Waals surface area (Å²) in [5.74, 6) is 0.597. The SMILES string of the molecule is CC(C)(C)c1cc(=O)[nH]c(NC2CCNCC2)n1. The minimum atomic E-state index is -0.112. The highest BCUT2D eigenvalue weighted by Crippen LogP contribution is 2.19. The highest BCUT2D eigenvalue weighted by Gasteiger charge is 2.18. The van der Waals surface area contributed by atoms with Gasteiger partial charge in [-0.25, -0.2) is 4.98 Å². The molecular weight excluding hydrogens is 228 g/mol.